The van der Waals surface area contributed by atoms with Gasteiger partial charge in [0.05, 0.1) is 12.7 Å². The minimum Gasteiger partial charge on any atom is -0.444 e. The number of nitrogens with zero attached hydrogens (tertiary/aromatic N) is 1. The van der Waals surface area contributed by atoms with Crippen molar-refractivity contribution in [2.24, 2.45) is 0 Å². The van der Waals surface area contributed by atoms with Crippen LogP contribution in [0, 0.1) is 29.1 Å². The van der Waals surface area contributed by atoms with Gasteiger partial charge < -0.3 is 9.73 Å². The molecule has 0 aliphatic heterocycles. The third-order valence-corrected chi connectivity index (χ3v) is 2.58. The molecule has 1 aromatic heterocycles. The molecule has 0 saturated carbocycles. The smallest absolute Gasteiger partial charge is 0.213 e. The van der Waals surface area contributed by atoms with E-state index in [4.69, 9.17) is 4.42 Å². The molecule has 0 saturated heterocycles. The molecule has 1 aromatic carbocycles. The third kappa shape index (κ3) is 2.45. The van der Waals surface area contributed by atoms with Crippen molar-refractivity contribution in [3.05, 3.63) is 46.9 Å². The molecule has 1 heterocycles. The van der Waals surface area contributed by atoms with Gasteiger partial charge in [-0.2, -0.15) is 0 Å². The summed E-state index contributed by atoms with van der Waals surface area (Å²) < 4.78 is 70.5. The third-order valence-electron chi connectivity index (χ3n) is 2.58. The van der Waals surface area contributed by atoms with Crippen molar-refractivity contribution in [2.45, 2.75) is 19.9 Å². The first-order chi connectivity index (χ1) is 9.45. The lowest BCUT2D eigenvalue weighted by atomic mass is 10.2. The average Bonchev–Trinajstić information content (AvgIpc) is 2.91. The second kappa shape index (κ2) is 5.48. The number of oxazole rings is 1. The fourth-order valence-corrected chi connectivity index (χ4v) is 1.52. The zero-order valence-electron chi connectivity index (χ0n) is 10.2. The molecule has 2 rings (SSSR count). The molecule has 0 amide bonds. The molecule has 2 aromatic rings. The molecule has 108 valence electrons. The van der Waals surface area contributed by atoms with E-state index >= 15 is 0 Å². The summed E-state index contributed by atoms with van der Waals surface area (Å²) in [6.07, 6.45) is 1.98. The Labute approximate surface area is 110 Å². The lowest BCUT2D eigenvalue weighted by molar-refractivity contribution is 0.380. The van der Waals surface area contributed by atoms with Gasteiger partial charge in [-0.3, -0.25) is 0 Å². The minimum absolute atomic E-state index is 0.0748. The van der Waals surface area contributed by atoms with E-state index in [1.165, 1.54) is 6.20 Å². The second-order valence-corrected chi connectivity index (χ2v) is 3.87. The summed E-state index contributed by atoms with van der Waals surface area (Å²) in [6.45, 7) is 1.50. The van der Waals surface area contributed by atoms with Crippen LogP contribution in [-0.4, -0.2) is 4.98 Å². The summed E-state index contributed by atoms with van der Waals surface area (Å²) in [7, 11) is 0. The van der Waals surface area contributed by atoms with E-state index < -0.39 is 34.8 Å². The van der Waals surface area contributed by atoms with Crippen LogP contribution >= 0.6 is 0 Å². The Morgan fingerprint density at radius 1 is 1.00 bits per heavy atom. The van der Waals surface area contributed by atoms with E-state index in [2.05, 4.69) is 10.3 Å². The Bertz CT molecular complexity index is 612. The van der Waals surface area contributed by atoms with E-state index in [1.807, 2.05) is 6.92 Å². The van der Waals surface area contributed by atoms with E-state index in [0.29, 0.717) is 12.2 Å². The number of benzene rings is 1. The van der Waals surface area contributed by atoms with Gasteiger partial charge >= 0.3 is 0 Å². The van der Waals surface area contributed by atoms with E-state index in [9.17, 15) is 22.0 Å². The SMILES string of the molecule is CCc1cnc(CNc2c(F)c(F)c(F)c(F)c2F)o1. The summed E-state index contributed by atoms with van der Waals surface area (Å²) in [5, 5.41) is 2.09. The fraction of sp³-hybridized carbons (Fsp3) is 0.250. The van der Waals surface area contributed by atoms with Gasteiger partial charge in [0.2, 0.25) is 11.7 Å². The maximum absolute atomic E-state index is 13.3. The Balaban J connectivity index is 2.25. The number of hydrogen-bond donors (Lipinski definition) is 1. The summed E-state index contributed by atoms with van der Waals surface area (Å²) in [6, 6.07) is 0. The number of rotatable bonds is 4. The molecule has 0 aliphatic carbocycles. The Hall–Kier alpha value is -2.12. The highest BCUT2D eigenvalue weighted by Crippen LogP contribution is 2.27. The molecule has 0 spiro atoms. The van der Waals surface area contributed by atoms with Gasteiger partial charge in [-0.15, -0.1) is 0 Å². The van der Waals surface area contributed by atoms with Crippen LogP contribution in [0.1, 0.15) is 18.6 Å². The largest absolute Gasteiger partial charge is 0.444 e. The van der Waals surface area contributed by atoms with Gasteiger partial charge in [0.15, 0.2) is 23.3 Å². The van der Waals surface area contributed by atoms with Crippen molar-refractivity contribution in [1.82, 2.24) is 4.98 Å². The first-order valence-corrected chi connectivity index (χ1v) is 5.64. The van der Waals surface area contributed by atoms with Gasteiger partial charge in [-0.05, 0) is 0 Å². The molecule has 0 aliphatic rings. The number of halogens is 5. The highest BCUT2D eigenvalue weighted by molar-refractivity contribution is 5.47. The summed E-state index contributed by atoms with van der Waals surface area (Å²) in [5.74, 6) is -9.45. The highest BCUT2D eigenvalue weighted by Gasteiger charge is 2.25. The Kier molecular flexibility index (Phi) is 3.91. The molecule has 0 atom stereocenters. The lowest BCUT2D eigenvalue weighted by Crippen LogP contribution is -2.10. The molecule has 3 nitrogen and oxygen atoms in total. The minimum atomic E-state index is -2.20. The highest BCUT2D eigenvalue weighted by atomic mass is 19.2. The molecule has 0 fully saturated rings. The summed E-state index contributed by atoms with van der Waals surface area (Å²) >= 11 is 0. The van der Waals surface area contributed by atoms with Crippen LogP contribution in [0.3, 0.4) is 0 Å². The van der Waals surface area contributed by atoms with Gasteiger partial charge in [-0.1, -0.05) is 6.92 Å². The molecule has 20 heavy (non-hydrogen) atoms. The van der Waals surface area contributed by atoms with Crippen molar-refractivity contribution in [2.75, 3.05) is 5.32 Å². The van der Waals surface area contributed by atoms with E-state index in [1.54, 1.807) is 0 Å². The average molecular weight is 292 g/mol. The molecule has 8 heteroatoms. The van der Waals surface area contributed by atoms with Gasteiger partial charge in [-0.25, -0.2) is 26.9 Å². The molecular formula is C12H9F5N2O. The monoisotopic (exact) mass is 292 g/mol. The number of aryl methyl sites for hydroxylation is 1. The van der Waals surface area contributed by atoms with Crippen LogP contribution in [0.25, 0.3) is 0 Å². The predicted molar refractivity (Wildman–Crippen MR) is 59.4 cm³/mol. The van der Waals surface area contributed by atoms with Crippen LogP contribution in [0.15, 0.2) is 10.6 Å². The number of aromatic nitrogens is 1. The zero-order valence-corrected chi connectivity index (χ0v) is 10.2. The molecule has 0 unspecified atom stereocenters. The zero-order chi connectivity index (χ0) is 14.9. The normalized spacial score (nSPS) is 10.9. The van der Waals surface area contributed by atoms with Crippen molar-refractivity contribution in [3.8, 4) is 0 Å². The maximum atomic E-state index is 13.3. The maximum Gasteiger partial charge on any atom is 0.213 e. The predicted octanol–water partition coefficient (Wildman–Crippen LogP) is 3.54. The second-order valence-electron chi connectivity index (χ2n) is 3.87. The lowest BCUT2D eigenvalue weighted by Gasteiger charge is -2.09. The van der Waals surface area contributed by atoms with Gasteiger partial charge in [0, 0.05) is 6.42 Å². The first kappa shape index (κ1) is 14.3. The van der Waals surface area contributed by atoms with Crippen molar-refractivity contribution < 1.29 is 26.4 Å². The Morgan fingerprint density at radius 2 is 1.55 bits per heavy atom. The van der Waals surface area contributed by atoms with Gasteiger partial charge in [0.1, 0.15) is 11.4 Å². The van der Waals surface area contributed by atoms with Crippen LogP contribution < -0.4 is 5.32 Å². The first-order valence-electron chi connectivity index (χ1n) is 5.64. The molecule has 0 bridgehead atoms. The van der Waals surface area contributed by atoms with Crippen molar-refractivity contribution in [3.63, 3.8) is 0 Å². The van der Waals surface area contributed by atoms with E-state index in [0.717, 1.165) is 0 Å². The number of anilines is 1. The number of hydrogen-bond acceptors (Lipinski definition) is 3. The van der Waals surface area contributed by atoms with Crippen LogP contribution in [0.5, 0.6) is 0 Å². The topological polar surface area (TPSA) is 38.1 Å². The summed E-state index contributed by atoms with van der Waals surface area (Å²) in [4.78, 5) is 3.79. The Morgan fingerprint density at radius 3 is 2.05 bits per heavy atom. The summed E-state index contributed by atoms with van der Waals surface area (Å²) in [5.41, 5.74) is -1.11. The van der Waals surface area contributed by atoms with Crippen LogP contribution in [0.4, 0.5) is 27.6 Å². The molecular weight excluding hydrogens is 283 g/mol. The van der Waals surface area contributed by atoms with Crippen molar-refractivity contribution >= 4 is 5.69 Å². The fourth-order valence-electron chi connectivity index (χ4n) is 1.52. The quantitative estimate of drug-likeness (QED) is 0.532. The van der Waals surface area contributed by atoms with Gasteiger partial charge in [0.25, 0.3) is 0 Å². The molecule has 0 radical (unpaired) electrons. The van der Waals surface area contributed by atoms with E-state index in [-0.39, 0.29) is 12.4 Å². The van der Waals surface area contributed by atoms with Crippen molar-refractivity contribution in [1.29, 1.82) is 0 Å². The standard InChI is InChI=1S/C12H9F5N2O/c1-2-5-3-18-6(20-5)4-19-12-10(16)8(14)7(13)9(15)11(12)17/h3,19H,2,4H2,1H3. The van der Waals surface area contributed by atoms with Crippen LogP contribution in [0.2, 0.25) is 0 Å². The van der Waals surface area contributed by atoms with Crippen LogP contribution in [-0.2, 0) is 13.0 Å². The molecule has 1 N–H and O–H groups in total. The number of nitrogens with one attached hydrogen (secondary N) is 1.